The van der Waals surface area contributed by atoms with Gasteiger partial charge in [-0.15, -0.1) is 0 Å². The summed E-state index contributed by atoms with van der Waals surface area (Å²) in [6.45, 7) is 7.00. The Morgan fingerprint density at radius 1 is 1.00 bits per heavy atom. The maximum atomic E-state index is 12.7. The number of carbonyl (C=O) groups is 1. The van der Waals surface area contributed by atoms with E-state index in [1.807, 2.05) is 0 Å². The monoisotopic (exact) mass is 307 g/mol. The highest BCUT2D eigenvalue weighted by Crippen LogP contribution is 2.48. The van der Waals surface area contributed by atoms with Crippen molar-refractivity contribution < 1.29 is 4.79 Å². The highest BCUT2D eigenvalue weighted by atomic mass is 16.2. The van der Waals surface area contributed by atoms with E-state index in [2.05, 4.69) is 68.6 Å². The minimum Gasteiger partial charge on any atom is -0.355 e. The van der Waals surface area contributed by atoms with Crippen LogP contribution in [-0.2, 0) is 16.6 Å². The molecule has 23 heavy (non-hydrogen) atoms. The third kappa shape index (κ3) is 3.47. The van der Waals surface area contributed by atoms with Gasteiger partial charge in [0.05, 0.1) is 5.41 Å². The van der Waals surface area contributed by atoms with E-state index < -0.39 is 0 Å². The van der Waals surface area contributed by atoms with E-state index >= 15 is 0 Å². The molecule has 0 aromatic heterocycles. The minimum atomic E-state index is -0.274. The molecule has 1 aliphatic carbocycles. The first kappa shape index (κ1) is 15.8. The van der Waals surface area contributed by atoms with Crippen LogP contribution >= 0.6 is 0 Å². The molecular weight excluding hydrogens is 282 g/mol. The van der Waals surface area contributed by atoms with Crippen LogP contribution < -0.4 is 5.32 Å². The Hall–Kier alpha value is -2.09. The summed E-state index contributed by atoms with van der Waals surface area (Å²) in [7, 11) is 0. The van der Waals surface area contributed by atoms with Crippen molar-refractivity contribution in [2.75, 3.05) is 6.54 Å². The first-order valence-corrected chi connectivity index (χ1v) is 8.42. The maximum Gasteiger partial charge on any atom is 0.230 e. The zero-order valence-corrected chi connectivity index (χ0v) is 14.3. The second-order valence-corrected chi connectivity index (χ2v) is 6.95. The van der Waals surface area contributed by atoms with Crippen molar-refractivity contribution in [2.45, 2.75) is 45.4 Å². The van der Waals surface area contributed by atoms with E-state index in [1.54, 1.807) is 0 Å². The van der Waals surface area contributed by atoms with Crippen molar-refractivity contribution in [2.24, 2.45) is 0 Å². The Kier molecular flexibility index (Phi) is 4.25. The van der Waals surface area contributed by atoms with E-state index in [4.69, 9.17) is 0 Å². The normalized spacial score (nSPS) is 15.3. The predicted molar refractivity (Wildman–Crippen MR) is 94.7 cm³/mol. The van der Waals surface area contributed by atoms with Crippen molar-refractivity contribution >= 4 is 5.91 Å². The van der Waals surface area contributed by atoms with Crippen LogP contribution in [0.15, 0.2) is 42.5 Å². The number of hydrogen-bond donors (Lipinski definition) is 1. The Morgan fingerprint density at radius 3 is 2.30 bits per heavy atom. The fraction of sp³-hybridized carbons (Fsp3) is 0.381. The minimum absolute atomic E-state index is 0.190. The molecule has 2 aromatic rings. The van der Waals surface area contributed by atoms with Crippen molar-refractivity contribution in [1.29, 1.82) is 0 Å². The molecule has 2 nitrogen and oxygen atoms in total. The van der Waals surface area contributed by atoms with Crippen molar-refractivity contribution in [3.63, 3.8) is 0 Å². The van der Waals surface area contributed by atoms with Gasteiger partial charge in [0, 0.05) is 6.54 Å². The van der Waals surface area contributed by atoms with Gasteiger partial charge in [0.2, 0.25) is 5.91 Å². The van der Waals surface area contributed by atoms with Gasteiger partial charge in [-0.3, -0.25) is 4.79 Å². The summed E-state index contributed by atoms with van der Waals surface area (Å²) < 4.78 is 0. The van der Waals surface area contributed by atoms with Crippen molar-refractivity contribution in [3.05, 3.63) is 70.3 Å². The zero-order chi connectivity index (χ0) is 16.4. The second kappa shape index (κ2) is 6.19. The lowest BCUT2D eigenvalue weighted by atomic mass is 9.92. The molecule has 0 spiro atoms. The maximum absolute atomic E-state index is 12.7. The smallest absolute Gasteiger partial charge is 0.230 e. The van der Waals surface area contributed by atoms with Crippen LogP contribution in [0.2, 0.25) is 0 Å². The molecule has 2 heteroatoms. The first-order valence-electron chi connectivity index (χ1n) is 8.42. The van der Waals surface area contributed by atoms with Gasteiger partial charge in [-0.05, 0) is 51.2 Å². The van der Waals surface area contributed by atoms with Gasteiger partial charge in [0.25, 0.3) is 0 Å². The fourth-order valence-corrected chi connectivity index (χ4v) is 3.38. The van der Waals surface area contributed by atoms with Gasteiger partial charge >= 0.3 is 0 Å². The summed E-state index contributed by atoms with van der Waals surface area (Å²) in [5.74, 6) is 0.190. The van der Waals surface area contributed by atoms with E-state index in [-0.39, 0.29) is 11.3 Å². The molecule has 0 unspecified atom stereocenters. The van der Waals surface area contributed by atoms with E-state index in [0.717, 1.165) is 19.3 Å². The highest BCUT2D eigenvalue weighted by Gasteiger charge is 2.51. The molecule has 0 bridgehead atoms. The lowest BCUT2D eigenvalue weighted by Gasteiger charge is -2.17. The number of rotatable bonds is 5. The largest absolute Gasteiger partial charge is 0.355 e. The van der Waals surface area contributed by atoms with Crippen LogP contribution in [0.3, 0.4) is 0 Å². The summed E-state index contributed by atoms with van der Waals surface area (Å²) in [6, 6.07) is 15.0. The molecule has 0 aliphatic heterocycles. The molecule has 1 N–H and O–H groups in total. The topological polar surface area (TPSA) is 29.1 Å². The quantitative estimate of drug-likeness (QED) is 0.888. The third-order valence-electron chi connectivity index (χ3n) is 4.74. The Labute approximate surface area is 138 Å². The molecule has 0 radical (unpaired) electrons. The van der Waals surface area contributed by atoms with Crippen LogP contribution in [0, 0.1) is 20.8 Å². The van der Waals surface area contributed by atoms with E-state index in [0.29, 0.717) is 6.54 Å². The Morgan fingerprint density at radius 2 is 1.70 bits per heavy atom. The van der Waals surface area contributed by atoms with Gasteiger partial charge in [0.15, 0.2) is 0 Å². The Balaban J connectivity index is 1.64. The Bertz CT molecular complexity index is 708. The number of amides is 1. The van der Waals surface area contributed by atoms with E-state index in [9.17, 15) is 4.79 Å². The van der Waals surface area contributed by atoms with Gasteiger partial charge < -0.3 is 5.32 Å². The lowest BCUT2D eigenvalue weighted by molar-refractivity contribution is -0.123. The zero-order valence-electron chi connectivity index (χ0n) is 14.3. The summed E-state index contributed by atoms with van der Waals surface area (Å²) >= 11 is 0. The highest BCUT2D eigenvalue weighted by molar-refractivity contribution is 5.91. The number of aryl methyl sites for hydroxylation is 3. The van der Waals surface area contributed by atoms with Gasteiger partial charge in [-0.25, -0.2) is 0 Å². The first-order chi connectivity index (χ1) is 11.0. The average molecular weight is 307 g/mol. The summed E-state index contributed by atoms with van der Waals surface area (Å²) in [4.78, 5) is 12.7. The molecule has 0 atom stereocenters. The number of carbonyl (C=O) groups excluding carboxylic acids is 1. The molecule has 1 saturated carbocycles. The van der Waals surface area contributed by atoms with Crippen molar-refractivity contribution in [1.82, 2.24) is 5.32 Å². The summed E-state index contributed by atoms with van der Waals surface area (Å²) in [6.07, 6.45) is 2.81. The average Bonchev–Trinajstić information content (AvgIpc) is 3.28. The molecule has 0 saturated heterocycles. The summed E-state index contributed by atoms with van der Waals surface area (Å²) in [5, 5.41) is 3.15. The number of hydrogen-bond acceptors (Lipinski definition) is 1. The van der Waals surface area contributed by atoms with Gasteiger partial charge in [-0.2, -0.15) is 0 Å². The molecule has 3 rings (SSSR count). The predicted octanol–water partition coefficient (Wildman–Crippen LogP) is 4.00. The molecular formula is C21H25NO. The third-order valence-corrected chi connectivity index (χ3v) is 4.74. The van der Waals surface area contributed by atoms with Crippen LogP contribution in [0.1, 0.15) is 40.7 Å². The van der Waals surface area contributed by atoms with Crippen LogP contribution in [0.5, 0.6) is 0 Å². The molecule has 1 amide bonds. The SMILES string of the molecule is Cc1cccc(CCNC(=O)C2(c3cc(C)cc(C)c3)CC2)c1. The van der Waals surface area contributed by atoms with Crippen LogP contribution in [0.4, 0.5) is 0 Å². The lowest BCUT2D eigenvalue weighted by Crippen LogP contribution is -2.36. The van der Waals surface area contributed by atoms with E-state index in [1.165, 1.54) is 27.8 Å². The van der Waals surface area contributed by atoms with Gasteiger partial charge in [-0.1, -0.05) is 59.2 Å². The van der Waals surface area contributed by atoms with Crippen molar-refractivity contribution in [3.8, 4) is 0 Å². The number of benzene rings is 2. The standard InChI is InChI=1S/C21H25NO/c1-15-5-4-6-18(12-15)7-10-22-20(23)21(8-9-21)19-13-16(2)11-17(3)14-19/h4-6,11-14H,7-10H2,1-3H3,(H,22,23). The number of nitrogens with one attached hydrogen (secondary N) is 1. The summed E-state index contributed by atoms with van der Waals surface area (Å²) in [5.41, 5.74) is 5.92. The van der Waals surface area contributed by atoms with Crippen LogP contribution in [-0.4, -0.2) is 12.5 Å². The molecule has 0 heterocycles. The second-order valence-electron chi connectivity index (χ2n) is 6.95. The molecule has 120 valence electrons. The molecule has 1 fully saturated rings. The molecule has 1 aliphatic rings. The van der Waals surface area contributed by atoms with Gasteiger partial charge in [0.1, 0.15) is 0 Å². The van der Waals surface area contributed by atoms with Crippen LogP contribution in [0.25, 0.3) is 0 Å². The molecule has 2 aromatic carbocycles. The fourth-order valence-electron chi connectivity index (χ4n) is 3.38.